The molecule has 2 aromatic rings. The molecule has 1 fully saturated rings. The van der Waals surface area contributed by atoms with Gasteiger partial charge in [-0.2, -0.15) is 0 Å². The van der Waals surface area contributed by atoms with Crippen molar-refractivity contribution in [2.75, 3.05) is 31.6 Å². The number of halogens is 1. The van der Waals surface area contributed by atoms with Crippen LogP contribution in [-0.2, 0) is 16.8 Å². The molecule has 1 saturated heterocycles. The lowest BCUT2D eigenvalue weighted by molar-refractivity contribution is 0.143. The number of hydrogen-bond donors (Lipinski definition) is 0. The Kier molecular flexibility index (Phi) is 4.87. The van der Waals surface area contributed by atoms with Crippen LogP contribution in [0.3, 0.4) is 0 Å². The highest BCUT2D eigenvalue weighted by atomic mass is 35.5. The zero-order valence-electron chi connectivity index (χ0n) is 15.9. The summed E-state index contributed by atoms with van der Waals surface area (Å²) in [6.45, 7) is 5.10. The number of ether oxygens (including phenoxy) is 1. The lowest BCUT2D eigenvalue weighted by Crippen LogP contribution is -2.45. The molecule has 0 unspecified atom stereocenters. The molecule has 2 aromatic carbocycles. The van der Waals surface area contributed by atoms with Crippen LogP contribution < -0.4 is 4.90 Å². The lowest BCUT2D eigenvalue weighted by Gasteiger charge is -2.38. The Morgan fingerprint density at radius 2 is 1.93 bits per heavy atom. The molecular weight excluding hydrogens is 360 g/mol. The Morgan fingerprint density at radius 1 is 1.19 bits per heavy atom. The van der Waals surface area contributed by atoms with Crippen LogP contribution in [-0.4, -0.2) is 37.7 Å². The predicted molar refractivity (Wildman–Crippen MR) is 109 cm³/mol. The molecule has 4 nitrogen and oxygen atoms in total. The van der Waals surface area contributed by atoms with Gasteiger partial charge in [-0.3, -0.25) is 4.90 Å². The van der Waals surface area contributed by atoms with E-state index in [0.717, 1.165) is 37.2 Å². The molecule has 0 aromatic heterocycles. The summed E-state index contributed by atoms with van der Waals surface area (Å²) in [7, 11) is 2.16. The van der Waals surface area contributed by atoms with E-state index in [4.69, 9.17) is 16.3 Å². The van der Waals surface area contributed by atoms with Gasteiger partial charge in [0, 0.05) is 22.5 Å². The topological polar surface area (TPSA) is 32.8 Å². The first-order valence-electron chi connectivity index (χ1n) is 9.46. The maximum absolute atomic E-state index is 12.9. The maximum atomic E-state index is 12.9. The van der Waals surface area contributed by atoms with E-state index in [-0.39, 0.29) is 18.1 Å². The Balaban J connectivity index is 1.57. The van der Waals surface area contributed by atoms with E-state index in [9.17, 15) is 4.79 Å². The number of aryl methyl sites for hydroxylation is 1. The number of fused-ring (bicyclic) bond motifs is 2. The van der Waals surface area contributed by atoms with Crippen molar-refractivity contribution in [3.63, 3.8) is 0 Å². The normalized spacial score (nSPS) is 18.6. The third kappa shape index (κ3) is 3.44. The highest BCUT2D eigenvalue weighted by Gasteiger charge is 2.46. The first kappa shape index (κ1) is 18.3. The molecule has 142 valence electrons. The van der Waals surface area contributed by atoms with Crippen molar-refractivity contribution >= 4 is 23.4 Å². The van der Waals surface area contributed by atoms with Crippen LogP contribution in [0, 0.1) is 6.92 Å². The molecule has 4 rings (SSSR count). The molecule has 2 aliphatic heterocycles. The third-order valence-electron chi connectivity index (χ3n) is 5.95. The van der Waals surface area contributed by atoms with Gasteiger partial charge in [-0.25, -0.2) is 4.79 Å². The van der Waals surface area contributed by atoms with Gasteiger partial charge in [0.25, 0.3) is 0 Å². The molecule has 27 heavy (non-hydrogen) atoms. The van der Waals surface area contributed by atoms with Crippen LogP contribution >= 0.6 is 11.6 Å². The van der Waals surface area contributed by atoms with Gasteiger partial charge >= 0.3 is 6.09 Å². The van der Waals surface area contributed by atoms with Crippen molar-refractivity contribution in [2.45, 2.75) is 31.8 Å². The summed E-state index contributed by atoms with van der Waals surface area (Å²) in [5, 5.41) is 0.620. The average Bonchev–Trinajstić information content (AvgIpc) is 2.97. The van der Waals surface area contributed by atoms with Crippen LogP contribution in [0.5, 0.6) is 0 Å². The Labute approximate surface area is 165 Å². The van der Waals surface area contributed by atoms with Gasteiger partial charge < -0.3 is 9.64 Å². The van der Waals surface area contributed by atoms with E-state index in [1.165, 1.54) is 11.1 Å². The molecule has 0 bridgehead atoms. The summed E-state index contributed by atoms with van der Waals surface area (Å²) in [5.41, 5.74) is 4.39. The van der Waals surface area contributed by atoms with Gasteiger partial charge in [0.1, 0.15) is 6.61 Å². The number of amides is 1. The minimum absolute atomic E-state index is 0.0390. The van der Waals surface area contributed by atoms with Crippen molar-refractivity contribution in [2.24, 2.45) is 0 Å². The second-order valence-electron chi connectivity index (χ2n) is 7.84. The van der Waals surface area contributed by atoms with E-state index in [0.29, 0.717) is 11.6 Å². The van der Waals surface area contributed by atoms with Gasteiger partial charge in [0.05, 0.1) is 5.69 Å². The standard InChI is InChI=1S/C22H25ClN2O2/c1-16-7-8-20-18(13-16)22(9-11-24(2)12-10-22)15-25(20)21(26)27-14-17-5-3-4-6-19(17)23/h3-8,13H,9-12,14-15H2,1-2H3. The summed E-state index contributed by atoms with van der Waals surface area (Å²) in [4.78, 5) is 17.1. The van der Waals surface area contributed by atoms with E-state index in [2.05, 4.69) is 37.1 Å². The molecule has 0 atom stereocenters. The molecule has 0 radical (unpaired) electrons. The largest absolute Gasteiger partial charge is 0.444 e. The fraction of sp³-hybridized carbons (Fsp3) is 0.409. The highest BCUT2D eigenvalue weighted by molar-refractivity contribution is 6.31. The molecule has 0 aliphatic carbocycles. The number of anilines is 1. The first-order chi connectivity index (χ1) is 13.0. The van der Waals surface area contributed by atoms with Crippen LogP contribution in [0.2, 0.25) is 5.02 Å². The minimum atomic E-state index is -0.296. The van der Waals surface area contributed by atoms with E-state index < -0.39 is 0 Å². The molecular formula is C22H25ClN2O2. The predicted octanol–water partition coefficient (Wildman–Crippen LogP) is 4.77. The van der Waals surface area contributed by atoms with Crippen LogP contribution in [0.25, 0.3) is 0 Å². The molecule has 1 amide bonds. The van der Waals surface area contributed by atoms with Crippen molar-refractivity contribution in [1.82, 2.24) is 4.90 Å². The molecule has 2 aliphatic rings. The monoisotopic (exact) mass is 384 g/mol. The third-order valence-corrected chi connectivity index (χ3v) is 6.32. The minimum Gasteiger partial charge on any atom is -0.444 e. The number of benzene rings is 2. The number of carbonyl (C=O) groups is 1. The SMILES string of the molecule is Cc1ccc2c(c1)C1(CCN(C)CC1)CN2C(=O)OCc1ccccc1Cl. The summed E-state index contributed by atoms with van der Waals surface area (Å²) >= 11 is 6.19. The number of rotatable bonds is 2. The summed E-state index contributed by atoms with van der Waals surface area (Å²) < 4.78 is 5.63. The summed E-state index contributed by atoms with van der Waals surface area (Å²) in [5.74, 6) is 0. The quantitative estimate of drug-likeness (QED) is 0.747. The first-order valence-corrected chi connectivity index (χ1v) is 9.84. The fourth-order valence-electron chi connectivity index (χ4n) is 4.25. The molecule has 1 spiro atoms. The molecule has 0 saturated carbocycles. The lowest BCUT2D eigenvalue weighted by atomic mass is 9.74. The Bertz CT molecular complexity index is 859. The molecule has 5 heteroatoms. The second kappa shape index (κ2) is 7.17. The van der Waals surface area contributed by atoms with Gasteiger partial charge in [0.2, 0.25) is 0 Å². The Morgan fingerprint density at radius 3 is 2.67 bits per heavy atom. The van der Waals surface area contributed by atoms with Crippen LogP contribution in [0.4, 0.5) is 10.5 Å². The smallest absolute Gasteiger partial charge is 0.414 e. The highest BCUT2D eigenvalue weighted by Crippen LogP contribution is 2.47. The van der Waals surface area contributed by atoms with Crippen LogP contribution in [0.1, 0.15) is 29.5 Å². The molecule has 0 N–H and O–H groups in total. The number of nitrogens with zero attached hydrogens (tertiary/aromatic N) is 2. The van der Waals surface area contributed by atoms with E-state index in [1.54, 1.807) is 0 Å². The number of hydrogen-bond acceptors (Lipinski definition) is 3. The summed E-state index contributed by atoms with van der Waals surface area (Å²) in [6, 6.07) is 13.9. The number of likely N-dealkylation sites (tertiary alicyclic amines) is 1. The second-order valence-corrected chi connectivity index (χ2v) is 8.24. The van der Waals surface area contributed by atoms with Crippen molar-refractivity contribution < 1.29 is 9.53 Å². The van der Waals surface area contributed by atoms with Gasteiger partial charge in [-0.15, -0.1) is 0 Å². The summed E-state index contributed by atoms with van der Waals surface area (Å²) in [6.07, 6.45) is 1.83. The zero-order chi connectivity index (χ0) is 19.0. The Hall–Kier alpha value is -2.04. The fourth-order valence-corrected chi connectivity index (χ4v) is 4.44. The zero-order valence-corrected chi connectivity index (χ0v) is 16.6. The molecule has 2 heterocycles. The average molecular weight is 385 g/mol. The number of piperidine rings is 1. The number of carbonyl (C=O) groups excluding carboxylic acids is 1. The van der Waals surface area contributed by atoms with Gasteiger partial charge in [0.15, 0.2) is 0 Å². The van der Waals surface area contributed by atoms with Crippen molar-refractivity contribution in [1.29, 1.82) is 0 Å². The van der Waals surface area contributed by atoms with Gasteiger partial charge in [-0.05, 0) is 57.6 Å². The van der Waals surface area contributed by atoms with Crippen molar-refractivity contribution in [3.05, 3.63) is 64.2 Å². The van der Waals surface area contributed by atoms with Crippen molar-refractivity contribution in [3.8, 4) is 0 Å². The van der Waals surface area contributed by atoms with E-state index in [1.807, 2.05) is 29.2 Å². The van der Waals surface area contributed by atoms with E-state index >= 15 is 0 Å². The maximum Gasteiger partial charge on any atom is 0.414 e. The van der Waals surface area contributed by atoms with Gasteiger partial charge in [-0.1, -0.05) is 47.5 Å². The van der Waals surface area contributed by atoms with Crippen LogP contribution in [0.15, 0.2) is 42.5 Å².